The highest BCUT2D eigenvalue weighted by Gasteiger charge is 2.37. The van der Waals surface area contributed by atoms with Crippen LogP contribution in [0.1, 0.15) is 84.6 Å². The molecule has 0 aliphatic heterocycles. The number of unbranched alkanes of at least 4 members (excludes halogenated alkanes) is 4. The summed E-state index contributed by atoms with van der Waals surface area (Å²) in [6.45, 7) is 7.83. The number of carboxylic acids is 1. The number of nitrogens with two attached hydrogens (primary N) is 1. The van der Waals surface area contributed by atoms with Crippen molar-refractivity contribution >= 4 is 24.4 Å². The fourth-order valence-electron chi connectivity index (χ4n) is 3.62. The second-order valence-electron chi connectivity index (χ2n) is 9.47. The van der Waals surface area contributed by atoms with Gasteiger partial charge in [0.05, 0.1) is 19.8 Å². The van der Waals surface area contributed by atoms with Crippen LogP contribution in [0.3, 0.4) is 0 Å². The van der Waals surface area contributed by atoms with Gasteiger partial charge in [0.2, 0.25) is 0 Å². The van der Waals surface area contributed by atoms with Gasteiger partial charge in [-0.3, -0.25) is 4.79 Å². The van der Waals surface area contributed by atoms with Gasteiger partial charge in [-0.05, 0) is 43.9 Å². The Morgan fingerprint density at radius 2 is 1.35 bits per heavy atom. The normalized spacial score (nSPS) is 12.9. The van der Waals surface area contributed by atoms with Crippen molar-refractivity contribution in [3.8, 4) is 11.5 Å². The number of carbonyl (C=O) groups is 4. The molecule has 0 heterocycles. The van der Waals surface area contributed by atoms with Crippen molar-refractivity contribution in [2.24, 2.45) is 5.73 Å². The van der Waals surface area contributed by atoms with E-state index >= 15 is 0 Å². The molecular weight excluding hydrogens is 526 g/mol. The maximum atomic E-state index is 12.3. The summed E-state index contributed by atoms with van der Waals surface area (Å²) < 4.78 is 30.6. The predicted octanol–water partition coefficient (Wildman–Crippen LogP) is 5.76. The Labute approximate surface area is 235 Å². The first-order chi connectivity index (χ1) is 19.0. The molecule has 0 radical (unpaired) electrons. The summed E-state index contributed by atoms with van der Waals surface area (Å²) >= 11 is 0. The number of rotatable bonds is 18. The quantitative estimate of drug-likeness (QED) is 0.0949. The van der Waals surface area contributed by atoms with E-state index in [-0.39, 0.29) is 44.2 Å². The highest BCUT2D eigenvalue weighted by molar-refractivity contribution is 5.79. The Morgan fingerprint density at radius 3 is 1.88 bits per heavy atom. The summed E-state index contributed by atoms with van der Waals surface area (Å²) in [7, 11) is 0. The molecular formula is C28H43NO11. The molecule has 3 N–H and O–H groups in total. The zero-order valence-corrected chi connectivity index (χ0v) is 23.9. The molecule has 0 fully saturated rings. The molecule has 0 bridgehead atoms. The molecule has 0 spiro atoms. The average Bonchev–Trinajstić information content (AvgIpc) is 2.89. The first-order valence-corrected chi connectivity index (χ1v) is 13.7. The topological polar surface area (TPSA) is 170 Å². The Balaban J connectivity index is 3.07. The van der Waals surface area contributed by atoms with Crippen LogP contribution in [-0.4, -0.2) is 61.0 Å². The first-order valence-electron chi connectivity index (χ1n) is 13.7. The Kier molecular flexibility index (Phi) is 16.1. The summed E-state index contributed by atoms with van der Waals surface area (Å²) in [5, 5.41) is 9.88. The van der Waals surface area contributed by atoms with Gasteiger partial charge in [-0.2, -0.15) is 0 Å². The first kappa shape index (κ1) is 34.5. The smallest absolute Gasteiger partial charge is 0.480 e. The van der Waals surface area contributed by atoms with E-state index < -0.39 is 36.1 Å². The van der Waals surface area contributed by atoms with Gasteiger partial charge in [0.15, 0.2) is 11.5 Å². The van der Waals surface area contributed by atoms with E-state index in [0.717, 1.165) is 25.7 Å². The van der Waals surface area contributed by atoms with Gasteiger partial charge >= 0.3 is 24.4 Å². The number of ether oxygens (including phenoxy) is 6. The van der Waals surface area contributed by atoms with Crippen LogP contribution in [-0.2, 0) is 30.2 Å². The zero-order valence-electron chi connectivity index (χ0n) is 23.9. The average molecular weight is 570 g/mol. The minimum atomic E-state index is -1.86. The number of aliphatic carboxylic acids is 1. The van der Waals surface area contributed by atoms with Gasteiger partial charge in [-0.15, -0.1) is 0 Å². The number of benzene rings is 1. The molecule has 1 aromatic rings. The lowest BCUT2D eigenvalue weighted by Gasteiger charge is -2.28. The summed E-state index contributed by atoms with van der Waals surface area (Å²) in [6, 6.07) is 4.15. The number of carboxylic acid groups (broad SMARTS) is 1. The van der Waals surface area contributed by atoms with Crippen LogP contribution in [0.25, 0.3) is 0 Å². The lowest BCUT2D eigenvalue weighted by molar-refractivity contribution is -0.144. The molecule has 1 aromatic carbocycles. The monoisotopic (exact) mass is 569 g/mol. The fourth-order valence-corrected chi connectivity index (χ4v) is 3.62. The number of hydrogen-bond donors (Lipinski definition) is 2. The SMILES string of the molecule is CCCCCOC(=O)Oc1ccc(CC(N)(C[C@H](C)OC(=O)OCCC)C(=O)O)cc1OC(=O)OCCCCC. The molecule has 0 saturated heterocycles. The second kappa shape index (κ2) is 18.7. The summed E-state index contributed by atoms with van der Waals surface area (Å²) in [5.41, 5.74) is 4.72. The molecule has 0 aliphatic carbocycles. The molecule has 40 heavy (non-hydrogen) atoms. The van der Waals surface area contributed by atoms with Gasteiger partial charge < -0.3 is 39.3 Å². The van der Waals surface area contributed by atoms with E-state index in [0.29, 0.717) is 24.8 Å². The maximum absolute atomic E-state index is 12.3. The number of carbonyl (C=O) groups excluding carboxylic acids is 3. The largest absolute Gasteiger partial charge is 0.513 e. The van der Waals surface area contributed by atoms with Crippen LogP contribution in [0.2, 0.25) is 0 Å². The molecule has 1 rings (SSSR count). The van der Waals surface area contributed by atoms with E-state index in [1.54, 1.807) is 0 Å². The minimum absolute atomic E-state index is 0.122. The Hall–Kier alpha value is -3.54. The van der Waals surface area contributed by atoms with Crippen LogP contribution >= 0.6 is 0 Å². The van der Waals surface area contributed by atoms with Gasteiger partial charge in [-0.25, -0.2) is 14.4 Å². The van der Waals surface area contributed by atoms with Crippen LogP contribution in [0.4, 0.5) is 14.4 Å². The summed E-state index contributed by atoms with van der Waals surface area (Å²) in [5.74, 6) is -1.63. The van der Waals surface area contributed by atoms with E-state index in [1.807, 2.05) is 20.8 Å². The fraction of sp³-hybridized carbons (Fsp3) is 0.643. The van der Waals surface area contributed by atoms with Crippen molar-refractivity contribution in [2.45, 2.75) is 97.1 Å². The highest BCUT2D eigenvalue weighted by atomic mass is 16.7. The predicted molar refractivity (Wildman–Crippen MR) is 145 cm³/mol. The van der Waals surface area contributed by atoms with E-state index in [2.05, 4.69) is 0 Å². The van der Waals surface area contributed by atoms with Crippen molar-refractivity contribution in [2.75, 3.05) is 19.8 Å². The highest BCUT2D eigenvalue weighted by Crippen LogP contribution is 2.31. The van der Waals surface area contributed by atoms with Crippen molar-refractivity contribution < 1.29 is 52.7 Å². The molecule has 2 atom stereocenters. The molecule has 0 aromatic heterocycles. The third kappa shape index (κ3) is 13.5. The number of hydrogen-bond acceptors (Lipinski definition) is 11. The van der Waals surface area contributed by atoms with E-state index in [4.69, 9.17) is 34.2 Å². The second-order valence-corrected chi connectivity index (χ2v) is 9.47. The van der Waals surface area contributed by atoms with Crippen LogP contribution in [0.15, 0.2) is 18.2 Å². The molecule has 0 amide bonds. The van der Waals surface area contributed by atoms with E-state index in [9.17, 15) is 24.3 Å². The van der Waals surface area contributed by atoms with Crippen molar-refractivity contribution in [1.82, 2.24) is 0 Å². The maximum Gasteiger partial charge on any atom is 0.513 e. The molecule has 0 saturated carbocycles. The summed E-state index contributed by atoms with van der Waals surface area (Å²) in [4.78, 5) is 48.3. The molecule has 1 unspecified atom stereocenters. The zero-order chi connectivity index (χ0) is 30.0. The van der Waals surface area contributed by atoms with Crippen LogP contribution in [0, 0.1) is 0 Å². The molecule has 0 aliphatic rings. The molecule has 226 valence electrons. The van der Waals surface area contributed by atoms with E-state index in [1.165, 1.54) is 25.1 Å². The Morgan fingerprint density at radius 1 is 0.800 bits per heavy atom. The van der Waals surface area contributed by atoms with Gasteiger partial charge in [0.25, 0.3) is 0 Å². The van der Waals surface area contributed by atoms with Crippen molar-refractivity contribution in [3.63, 3.8) is 0 Å². The van der Waals surface area contributed by atoms with Crippen LogP contribution < -0.4 is 15.2 Å². The third-order valence-corrected chi connectivity index (χ3v) is 5.65. The van der Waals surface area contributed by atoms with Gasteiger partial charge in [0.1, 0.15) is 11.6 Å². The summed E-state index contributed by atoms with van der Waals surface area (Å²) in [6.07, 6.45) is 1.31. The van der Waals surface area contributed by atoms with Crippen molar-refractivity contribution in [1.29, 1.82) is 0 Å². The third-order valence-electron chi connectivity index (χ3n) is 5.65. The standard InChI is InChI=1S/C28H43NO11/c1-5-8-10-15-36-26(33)39-22-13-12-21(17-23(22)40-27(34)37-16-11-9-6-2)19-28(29,24(30)31)18-20(4)38-25(32)35-14-7-3/h12-13,17,20H,5-11,14-16,18-19,29H2,1-4H3,(H,30,31)/t20-,28?/m0/s1. The van der Waals surface area contributed by atoms with Gasteiger partial charge in [0, 0.05) is 12.8 Å². The lowest BCUT2D eigenvalue weighted by atomic mass is 9.86. The van der Waals surface area contributed by atoms with Gasteiger partial charge in [-0.1, -0.05) is 52.5 Å². The minimum Gasteiger partial charge on any atom is -0.480 e. The molecule has 12 heteroatoms. The van der Waals surface area contributed by atoms with Crippen LogP contribution in [0.5, 0.6) is 11.5 Å². The molecule has 12 nitrogen and oxygen atoms in total. The lowest BCUT2D eigenvalue weighted by Crippen LogP contribution is -2.52. The van der Waals surface area contributed by atoms with Crippen molar-refractivity contribution in [3.05, 3.63) is 23.8 Å². The Bertz CT molecular complexity index is 952.